The Morgan fingerprint density at radius 1 is 1.18 bits per heavy atom. The molecule has 1 aromatic heterocycles. The molecule has 1 N–H and O–H groups in total. The summed E-state index contributed by atoms with van der Waals surface area (Å²) < 4.78 is 5.51. The van der Waals surface area contributed by atoms with Gasteiger partial charge in [0.2, 0.25) is 5.89 Å². The highest BCUT2D eigenvalue weighted by Crippen LogP contribution is 2.27. The van der Waals surface area contributed by atoms with E-state index >= 15 is 0 Å². The molecule has 0 radical (unpaired) electrons. The first kappa shape index (κ1) is 13.5. The minimum atomic E-state index is -0.270. The van der Waals surface area contributed by atoms with Gasteiger partial charge in [-0.3, -0.25) is 4.79 Å². The summed E-state index contributed by atoms with van der Waals surface area (Å²) in [5, 5.41) is 10.9. The molecule has 4 heterocycles. The zero-order valence-electron chi connectivity index (χ0n) is 12.2. The third-order valence-corrected chi connectivity index (χ3v) is 4.61. The molecule has 3 fully saturated rings. The summed E-state index contributed by atoms with van der Waals surface area (Å²) in [6, 6.07) is 9.66. The normalized spacial score (nSPS) is 26.8. The number of nitrogens with one attached hydrogen (secondary N) is 1. The number of hydrogen-bond acceptors (Lipinski definition) is 5. The fraction of sp³-hybridized carbons (Fsp3) is 0.438. The molecule has 0 spiro atoms. The first-order valence-electron chi connectivity index (χ1n) is 7.72. The van der Waals surface area contributed by atoms with Crippen molar-refractivity contribution in [3.05, 3.63) is 36.2 Å². The van der Waals surface area contributed by atoms with Gasteiger partial charge in [0.1, 0.15) is 0 Å². The van der Waals surface area contributed by atoms with Crippen molar-refractivity contribution in [2.45, 2.75) is 18.9 Å². The number of piperidine rings is 3. The summed E-state index contributed by atoms with van der Waals surface area (Å²) in [6.07, 6.45) is 2.31. The van der Waals surface area contributed by atoms with Gasteiger partial charge in [-0.05, 0) is 44.0 Å². The highest BCUT2D eigenvalue weighted by Gasteiger charge is 2.35. The monoisotopic (exact) mass is 298 g/mol. The molecule has 3 saturated heterocycles. The van der Waals surface area contributed by atoms with Crippen LogP contribution >= 0.6 is 0 Å². The second kappa shape index (κ2) is 5.53. The van der Waals surface area contributed by atoms with Gasteiger partial charge in [0.15, 0.2) is 0 Å². The molecule has 1 atom stereocenters. The molecule has 0 saturated carbocycles. The lowest BCUT2D eigenvalue weighted by Gasteiger charge is -2.44. The SMILES string of the molecule is O=C(N[C@H]1CN2CCC1CC2)c1nnc(-c2ccccc2)o1. The van der Waals surface area contributed by atoms with Gasteiger partial charge in [-0.1, -0.05) is 18.2 Å². The maximum Gasteiger partial charge on any atom is 0.309 e. The molecule has 22 heavy (non-hydrogen) atoms. The van der Waals surface area contributed by atoms with Gasteiger partial charge in [-0.2, -0.15) is 0 Å². The molecule has 1 aromatic carbocycles. The minimum Gasteiger partial charge on any atom is -0.412 e. The molecule has 0 aliphatic carbocycles. The van der Waals surface area contributed by atoms with Crippen molar-refractivity contribution in [3.63, 3.8) is 0 Å². The van der Waals surface area contributed by atoms with Crippen LogP contribution in [0.25, 0.3) is 11.5 Å². The van der Waals surface area contributed by atoms with E-state index in [1.165, 1.54) is 0 Å². The van der Waals surface area contributed by atoms with E-state index < -0.39 is 0 Å². The van der Waals surface area contributed by atoms with Crippen molar-refractivity contribution in [1.82, 2.24) is 20.4 Å². The number of fused-ring (bicyclic) bond motifs is 3. The number of hydrogen-bond donors (Lipinski definition) is 1. The van der Waals surface area contributed by atoms with Gasteiger partial charge < -0.3 is 14.6 Å². The number of aromatic nitrogens is 2. The van der Waals surface area contributed by atoms with Crippen LogP contribution in [0.15, 0.2) is 34.7 Å². The number of carbonyl (C=O) groups is 1. The maximum atomic E-state index is 12.3. The Morgan fingerprint density at radius 3 is 2.64 bits per heavy atom. The lowest BCUT2D eigenvalue weighted by molar-refractivity contribution is 0.0602. The molecule has 2 aromatic rings. The molecule has 6 heteroatoms. The number of benzene rings is 1. The first-order valence-corrected chi connectivity index (χ1v) is 7.72. The Kier molecular flexibility index (Phi) is 3.38. The Morgan fingerprint density at radius 2 is 1.95 bits per heavy atom. The van der Waals surface area contributed by atoms with Crippen LogP contribution < -0.4 is 5.32 Å². The van der Waals surface area contributed by atoms with Crippen LogP contribution in [0.1, 0.15) is 23.5 Å². The van der Waals surface area contributed by atoms with Crippen LogP contribution in [0, 0.1) is 5.92 Å². The average molecular weight is 298 g/mol. The molecule has 1 amide bonds. The predicted molar refractivity (Wildman–Crippen MR) is 80.2 cm³/mol. The zero-order valence-corrected chi connectivity index (χ0v) is 12.2. The van der Waals surface area contributed by atoms with Crippen molar-refractivity contribution < 1.29 is 9.21 Å². The topological polar surface area (TPSA) is 71.3 Å². The van der Waals surface area contributed by atoms with E-state index in [-0.39, 0.29) is 17.8 Å². The van der Waals surface area contributed by atoms with Gasteiger partial charge in [0, 0.05) is 18.2 Å². The maximum absolute atomic E-state index is 12.3. The van der Waals surface area contributed by atoms with Crippen molar-refractivity contribution in [3.8, 4) is 11.5 Å². The van der Waals surface area contributed by atoms with Gasteiger partial charge in [-0.25, -0.2) is 0 Å². The molecule has 5 rings (SSSR count). The highest BCUT2D eigenvalue weighted by atomic mass is 16.4. The van der Waals surface area contributed by atoms with Gasteiger partial charge in [0.25, 0.3) is 0 Å². The van der Waals surface area contributed by atoms with E-state index in [1.54, 1.807) is 0 Å². The Balaban J connectivity index is 1.46. The van der Waals surface area contributed by atoms with E-state index in [1.807, 2.05) is 30.3 Å². The predicted octanol–water partition coefficient (Wildman–Crippen LogP) is 1.56. The summed E-state index contributed by atoms with van der Waals surface area (Å²) in [7, 11) is 0. The number of nitrogens with zero attached hydrogens (tertiary/aromatic N) is 3. The number of rotatable bonds is 3. The largest absolute Gasteiger partial charge is 0.412 e. The van der Waals surface area contributed by atoms with Crippen molar-refractivity contribution in [2.75, 3.05) is 19.6 Å². The second-order valence-corrected chi connectivity index (χ2v) is 6.00. The first-order chi connectivity index (χ1) is 10.8. The van der Waals surface area contributed by atoms with E-state index in [4.69, 9.17) is 4.42 Å². The van der Waals surface area contributed by atoms with E-state index in [0.29, 0.717) is 11.8 Å². The van der Waals surface area contributed by atoms with E-state index in [0.717, 1.165) is 38.0 Å². The van der Waals surface area contributed by atoms with E-state index in [2.05, 4.69) is 20.4 Å². The lowest BCUT2D eigenvalue weighted by Crippen LogP contribution is -2.57. The Bertz CT molecular complexity index is 662. The molecule has 0 unspecified atom stereocenters. The molecule has 2 bridgehead atoms. The van der Waals surface area contributed by atoms with Crippen LogP contribution in [0.2, 0.25) is 0 Å². The number of carbonyl (C=O) groups excluding carboxylic acids is 1. The highest BCUT2D eigenvalue weighted by molar-refractivity contribution is 5.90. The summed E-state index contributed by atoms with van der Waals surface area (Å²) in [5.41, 5.74) is 0.817. The number of amides is 1. The quantitative estimate of drug-likeness (QED) is 0.931. The second-order valence-electron chi connectivity index (χ2n) is 6.00. The molecular formula is C16H18N4O2. The van der Waals surface area contributed by atoms with Crippen LogP contribution in [0.4, 0.5) is 0 Å². The molecule has 114 valence electrons. The fourth-order valence-electron chi connectivity index (χ4n) is 3.37. The minimum absolute atomic E-state index is 0.0373. The van der Waals surface area contributed by atoms with Crippen molar-refractivity contribution in [2.24, 2.45) is 5.92 Å². The van der Waals surface area contributed by atoms with Gasteiger partial charge >= 0.3 is 11.8 Å². The summed E-state index contributed by atoms with van der Waals surface area (Å²) >= 11 is 0. The average Bonchev–Trinajstić information content (AvgIpc) is 3.07. The van der Waals surface area contributed by atoms with Crippen LogP contribution in [0.3, 0.4) is 0 Å². The molecule has 6 nitrogen and oxygen atoms in total. The Labute approximate surface area is 128 Å². The Hall–Kier alpha value is -2.21. The third-order valence-electron chi connectivity index (χ3n) is 4.61. The van der Waals surface area contributed by atoms with Crippen LogP contribution in [-0.2, 0) is 0 Å². The smallest absolute Gasteiger partial charge is 0.309 e. The zero-order chi connectivity index (χ0) is 14.9. The van der Waals surface area contributed by atoms with Gasteiger partial charge in [-0.15, -0.1) is 10.2 Å². The standard InChI is InChI=1S/C16H18N4O2/c21-14(17-13-10-20-8-6-11(13)7-9-20)16-19-18-15(22-16)12-4-2-1-3-5-12/h1-5,11,13H,6-10H2,(H,17,21)/t13-/m0/s1. The molecule has 3 aliphatic rings. The van der Waals surface area contributed by atoms with Crippen molar-refractivity contribution in [1.29, 1.82) is 0 Å². The van der Waals surface area contributed by atoms with Gasteiger partial charge in [0.05, 0.1) is 0 Å². The van der Waals surface area contributed by atoms with Crippen molar-refractivity contribution >= 4 is 5.91 Å². The summed E-state index contributed by atoms with van der Waals surface area (Å²) in [5.74, 6) is 0.717. The van der Waals surface area contributed by atoms with Crippen LogP contribution in [0.5, 0.6) is 0 Å². The summed E-state index contributed by atoms with van der Waals surface area (Å²) in [4.78, 5) is 14.7. The van der Waals surface area contributed by atoms with Crippen LogP contribution in [-0.4, -0.2) is 46.7 Å². The lowest BCUT2D eigenvalue weighted by atomic mass is 9.84. The molecule has 3 aliphatic heterocycles. The fourth-order valence-corrected chi connectivity index (χ4v) is 3.37. The summed E-state index contributed by atoms with van der Waals surface area (Å²) in [6.45, 7) is 3.22. The van der Waals surface area contributed by atoms with E-state index in [9.17, 15) is 4.79 Å². The molecular weight excluding hydrogens is 280 g/mol. The third kappa shape index (κ3) is 2.50.